The Morgan fingerprint density at radius 3 is 2.78 bits per heavy atom. The van der Waals surface area contributed by atoms with Gasteiger partial charge in [0.15, 0.2) is 0 Å². The van der Waals surface area contributed by atoms with Gasteiger partial charge in [0, 0.05) is 7.11 Å². The summed E-state index contributed by atoms with van der Waals surface area (Å²) in [5.74, 6) is -0.0576. The van der Waals surface area contributed by atoms with Gasteiger partial charge in [-0.15, -0.1) is 0 Å². The average Bonchev–Trinajstić information content (AvgIpc) is 2.88. The number of carbonyl (C=O) groups excluding carboxylic acids is 1. The molecule has 0 fully saturated rings. The third-order valence-corrected chi connectivity index (χ3v) is 2.93. The number of ketones is 1. The van der Waals surface area contributed by atoms with E-state index in [0.717, 1.165) is 5.56 Å². The molecule has 2 aromatic rings. The molecule has 0 aliphatic rings. The summed E-state index contributed by atoms with van der Waals surface area (Å²) in [6.07, 6.45) is 3.27. The minimum absolute atomic E-state index is 0.0576. The van der Waals surface area contributed by atoms with E-state index in [1.807, 2.05) is 41.8 Å². The molecular formula is C14H16N2O2. The van der Waals surface area contributed by atoms with Crippen LogP contribution in [-0.4, -0.2) is 29.1 Å². The highest BCUT2D eigenvalue weighted by molar-refractivity contribution is 5.95. The molecule has 18 heavy (non-hydrogen) atoms. The van der Waals surface area contributed by atoms with Gasteiger partial charge in [-0.3, -0.25) is 4.79 Å². The molecule has 4 nitrogen and oxygen atoms in total. The molecule has 1 heterocycles. The van der Waals surface area contributed by atoms with Gasteiger partial charge in [0.25, 0.3) is 0 Å². The molecule has 0 saturated heterocycles. The summed E-state index contributed by atoms with van der Waals surface area (Å²) in [6.45, 7) is 2.12. The molecule has 0 radical (unpaired) electrons. The van der Waals surface area contributed by atoms with Crippen molar-refractivity contribution in [2.24, 2.45) is 0 Å². The summed E-state index contributed by atoms with van der Waals surface area (Å²) in [7, 11) is 1.51. The van der Waals surface area contributed by atoms with Crippen LogP contribution in [0.3, 0.4) is 0 Å². The lowest BCUT2D eigenvalue weighted by atomic mass is 10.1. The van der Waals surface area contributed by atoms with Crippen LogP contribution in [0.4, 0.5) is 0 Å². The van der Waals surface area contributed by atoms with Gasteiger partial charge in [0.05, 0.1) is 18.6 Å². The summed E-state index contributed by atoms with van der Waals surface area (Å²) < 4.78 is 6.75. The Kier molecular flexibility index (Phi) is 3.89. The van der Waals surface area contributed by atoms with Gasteiger partial charge in [0.2, 0.25) is 5.78 Å². The number of benzene rings is 1. The standard InChI is InChI=1S/C14H16N2O2/c1-11(12-6-4-3-5-7-12)16-10-15-8-13(16)14(17)9-18-2/h3-8,10-11H,9H2,1-2H3/t11-/m1/s1. The van der Waals surface area contributed by atoms with Crippen LogP contribution in [-0.2, 0) is 4.74 Å². The predicted molar refractivity (Wildman–Crippen MR) is 68.7 cm³/mol. The molecule has 0 aliphatic heterocycles. The van der Waals surface area contributed by atoms with Crippen molar-refractivity contribution in [3.8, 4) is 0 Å². The van der Waals surface area contributed by atoms with E-state index >= 15 is 0 Å². The van der Waals surface area contributed by atoms with E-state index in [1.54, 1.807) is 12.5 Å². The smallest absolute Gasteiger partial charge is 0.206 e. The third-order valence-electron chi connectivity index (χ3n) is 2.93. The fraction of sp³-hybridized carbons (Fsp3) is 0.286. The zero-order chi connectivity index (χ0) is 13.0. The molecular weight excluding hydrogens is 228 g/mol. The van der Waals surface area contributed by atoms with Crippen LogP contribution in [0.15, 0.2) is 42.9 Å². The molecule has 94 valence electrons. The van der Waals surface area contributed by atoms with Crippen LogP contribution in [0.2, 0.25) is 0 Å². The maximum absolute atomic E-state index is 11.9. The topological polar surface area (TPSA) is 44.1 Å². The number of imidazole rings is 1. The van der Waals surface area contributed by atoms with E-state index in [9.17, 15) is 4.79 Å². The third kappa shape index (κ3) is 2.49. The number of carbonyl (C=O) groups is 1. The van der Waals surface area contributed by atoms with E-state index in [4.69, 9.17) is 4.74 Å². The van der Waals surface area contributed by atoms with Gasteiger partial charge < -0.3 is 9.30 Å². The number of ether oxygens (including phenoxy) is 1. The Bertz CT molecular complexity index is 520. The maximum Gasteiger partial charge on any atom is 0.206 e. The van der Waals surface area contributed by atoms with Gasteiger partial charge in [-0.05, 0) is 12.5 Å². The minimum Gasteiger partial charge on any atom is -0.376 e. The molecule has 1 aromatic heterocycles. The van der Waals surface area contributed by atoms with Gasteiger partial charge in [-0.2, -0.15) is 0 Å². The van der Waals surface area contributed by atoms with E-state index in [-0.39, 0.29) is 18.4 Å². The fourth-order valence-electron chi connectivity index (χ4n) is 1.93. The van der Waals surface area contributed by atoms with Crippen molar-refractivity contribution in [1.29, 1.82) is 0 Å². The first-order valence-electron chi connectivity index (χ1n) is 5.83. The van der Waals surface area contributed by atoms with Crippen molar-refractivity contribution in [3.63, 3.8) is 0 Å². The Labute approximate surface area is 106 Å². The quantitative estimate of drug-likeness (QED) is 0.758. The zero-order valence-corrected chi connectivity index (χ0v) is 10.5. The lowest BCUT2D eigenvalue weighted by molar-refractivity contribution is 0.0837. The van der Waals surface area contributed by atoms with E-state index in [0.29, 0.717) is 5.69 Å². The number of rotatable bonds is 5. The first kappa shape index (κ1) is 12.5. The molecule has 1 atom stereocenters. The summed E-state index contributed by atoms with van der Waals surface area (Å²) in [6, 6.07) is 10.1. The van der Waals surface area contributed by atoms with Gasteiger partial charge in [0.1, 0.15) is 12.3 Å². The number of nitrogens with zero attached hydrogens (tertiary/aromatic N) is 2. The van der Waals surface area contributed by atoms with E-state index < -0.39 is 0 Å². The van der Waals surface area contributed by atoms with Crippen LogP contribution >= 0.6 is 0 Å². The summed E-state index contributed by atoms with van der Waals surface area (Å²) in [5, 5.41) is 0. The van der Waals surface area contributed by atoms with Crippen molar-refractivity contribution in [3.05, 3.63) is 54.1 Å². The zero-order valence-electron chi connectivity index (χ0n) is 10.5. The van der Waals surface area contributed by atoms with Crippen LogP contribution in [0.25, 0.3) is 0 Å². The highest BCUT2D eigenvalue weighted by Crippen LogP contribution is 2.19. The molecule has 0 spiro atoms. The molecule has 2 rings (SSSR count). The molecule has 1 aromatic carbocycles. The number of Topliss-reactive ketones (excluding diaryl/α,β-unsaturated/α-hetero) is 1. The van der Waals surface area contributed by atoms with Crippen molar-refractivity contribution in [2.45, 2.75) is 13.0 Å². The van der Waals surface area contributed by atoms with Crippen LogP contribution in [0, 0.1) is 0 Å². The highest BCUT2D eigenvalue weighted by Gasteiger charge is 2.16. The second-order valence-corrected chi connectivity index (χ2v) is 4.13. The minimum atomic E-state index is -0.0576. The van der Waals surface area contributed by atoms with Gasteiger partial charge in [-0.1, -0.05) is 30.3 Å². The average molecular weight is 244 g/mol. The van der Waals surface area contributed by atoms with Crippen LogP contribution in [0.5, 0.6) is 0 Å². The first-order chi connectivity index (χ1) is 8.74. The molecule has 0 N–H and O–H groups in total. The molecule has 4 heteroatoms. The van der Waals surface area contributed by atoms with Crippen molar-refractivity contribution in [1.82, 2.24) is 9.55 Å². The highest BCUT2D eigenvalue weighted by atomic mass is 16.5. The lowest BCUT2D eigenvalue weighted by Crippen LogP contribution is -2.16. The number of hydrogen-bond acceptors (Lipinski definition) is 3. The molecule has 0 saturated carbocycles. The number of aromatic nitrogens is 2. The van der Waals surface area contributed by atoms with Crippen LogP contribution in [0.1, 0.15) is 29.0 Å². The summed E-state index contributed by atoms with van der Waals surface area (Å²) >= 11 is 0. The van der Waals surface area contributed by atoms with Gasteiger partial charge in [-0.25, -0.2) is 4.98 Å². The lowest BCUT2D eigenvalue weighted by Gasteiger charge is -2.16. The van der Waals surface area contributed by atoms with Crippen molar-refractivity contribution >= 4 is 5.78 Å². The Morgan fingerprint density at radius 1 is 1.39 bits per heavy atom. The molecule has 0 bridgehead atoms. The van der Waals surface area contributed by atoms with Crippen LogP contribution < -0.4 is 0 Å². The SMILES string of the molecule is COCC(=O)c1cncn1[C@H](C)c1ccccc1. The second-order valence-electron chi connectivity index (χ2n) is 4.13. The molecule has 0 amide bonds. The number of methoxy groups -OCH3 is 1. The normalized spacial score (nSPS) is 12.3. The fourth-order valence-corrected chi connectivity index (χ4v) is 1.93. The second kappa shape index (κ2) is 5.60. The maximum atomic E-state index is 11.9. The Balaban J connectivity index is 2.29. The number of hydrogen-bond donors (Lipinski definition) is 0. The monoisotopic (exact) mass is 244 g/mol. The summed E-state index contributed by atoms with van der Waals surface area (Å²) in [5.41, 5.74) is 1.72. The van der Waals surface area contributed by atoms with Gasteiger partial charge >= 0.3 is 0 Å². The largest absolute Gasteiger partial charge is 0.376 e. The van der Waals surface area contributed by atoms with E-state index in [2.05, 4.69) is 4.98 Å². The molecule has 0 aliphatic carbocycles. The summed E-state index contributed by atoms with van der Waals surface area (Å²) in [4.78, 5) is 15.9. The molecule has 0 unspecified atom stereocenters. The predicted octanol–water partition coefficient (Wildman–Crippen LogP) is 2.32. The van der Waals surface area contributed by atoms with Crippen molar-refractivity contribution in [2.75, 3.05) is 13.7 Å². The van der Waals surface area contributed by atoms with E-state index in [1.165, 1.54) is 7.11 Å². The Morgan fingerprint density at radius 2 is 2.11 bits per heavy atom. The first-order valence-corrected chi connectivity index (χ1v) is 5.83. The Hall–Kier alpha value is -1.94. The van der Waals surface area contributed by atoms with Crippen molar-refractivity contribution < 1.29 is 9.53 Å².